The molecule has 0 aliphatic carbocycles. The van der Waals surface area contributed by atoms with Crippen LogP contribution in [0.5, 0.6) is 0 Å². The lowest BCUT2D eigenvalue weighted by Crippen LogP contribution is -2.20. The molecule has 4 aromatic rings. The van der Waals surface area contributed by atoms with Crippen LogP contribution in [0.15, 0.2) is 59.8 Å². The van der Waals surface area contributed by atoms with Crippen molar-refractivity contribution in [2.24, 2.45) is 0 Å². The molecule has 0 amide bonds. The maximum Gasteiger partial charge on any atom is 0.282 e. The van der Waals surface area contributed by atoms with Gasteiger partial charge in [0.25, 0.3) is 5.56 Å². The first-order valence-corrected chi connectivity index (χ1v) is 7.00. The highest BCUT2D eigenvalue weighted by Gasteiger charge is 2.14. The Labute approximate surface area is 129 Å². The highest BCUT2D eigenvalue weighted by atomic mass is 35.5. The van der Waals surface area contributed by atoms with Crippen LogP contribution < -0.4 is 5.56 Å². The Kier molecular flexibility index (Phi) is 2.87. The van der Waals surface area contributed by atoms with Gasteiger partial charge < -0.3 is 0 Å². The molecule has 0 N–H and O–H groups in total. The topological polar surface area (TPSA) is 60.7 Å². The molecule has 0 spiro atoms. The number of fused-ring (bicyclic) bond motifs is 3. The molecule has 0 bridgehead atoms. The van der Waals surface area contributed by atoms with Crippen LogP contribution in [0.2, 0.25) is 5.28 Å². The van der Waals surface area contributed by atoms with E-state index in [-0.39, 0.29) is 10.8 Å². The number of pyridine rings is 2. The molecule has 3 aromatic heterocycles. The molecule has 0 atom stereocenters. The Morgan fingerprint density at radius 2 is 1.82 bits per heavy atom. The number of para-hydroxylation sites is 1. The predicted octanol–water partition coefficient (Wildman–Crippen LogP) is 2.98. The fourth-order valence-electron chi connectivity index (χ4n) is 2.56. The van der Waals surface area contributed by atoms with Crippen molar-refractivity contribution in [3.05, 3.63) is 70.6 Å². The number of halogens is 1. The van der Waals surface area contributed by atoms with Crippen LogP contribution in [0.25, 0.3) is 27.5 Å². The van der Waals surface area contributed by atoms with Gasteiger partial charge in [0.15, 0.2) is 0 Å². The second kappa shape index (κ2) is 4.89. The van der Waals surface area contributed by atoms with E-state index < -0.39 is 0 Å². The van der Waals surface area contributed by atoms with Crippen LogP contribution in [0.1, 0.15) is 0 Å². The van der Waals surface area contributed by atoms with E-state index in [1.165, 1.54) is 0 Å². The zero-order valence-corrected chi connectivity index (χ0v) is 12.0. The lowest BCUT2D eigenvalue weighted by atomic mass is 10.1. The number of hydrogen-bond donors (Lipinski definition) is 0. The van der Waals surface area contributed by atoms with Gasteiger partial charge in [-0.15, -0.1) is 0 Å². The minimum atomic E-state index is -0.244. The fraction of sp³-hybridized carbons (Fsp3) is 0. The Bertz CT molecular complexity index is 1060. The highest BCUT2D eigenvalue weighted by molar-refractivity contribution is 6.28. The minimum Gasteiger partial charge on any atom is -0.273 e. The summed E-state index contributed by atoms with van der Waals surface area (Å²) in [4.78, 5) is 25.1. The SMILES string of the molecule is O=c1c2nc(Cl)ncc2c2ccncc2n1-c1ccccc1. The molecule has 0 radical (unpaired) electrons. The van der Waals surface area contributed by atoms with E-state index in [4.69, 9.17) is 11.6 Å². The first-order valence-electron chi connectivity index (χ1n) is 6.62. The summed E-state index contributed by atoms with van der Waals surface area (Å²) in [6.45, 7) is 0. The third-order valence-electron chi connectivity index (χ3n) is 3.51. The van der Waals surface area contributed by atoms with Gasteiger partial charge in [-0.1, -0.05) is 18.2 Å². The van der Waals surface area contributed by atoms with Gasteiger partial charge in [-0.2, -0.15) is 0 Å². The number of rotatable bonds is 1. The summed E-state index contributed by atoms with van der Waals surface area (Å²) in [7, 11) is 0. The second-order valence-electron chi connectivity index (χ2n) is 4.77. The molecule has 3 heterocycles. The van der Waals surface area contributed by atoms with Gasteiger partial charge in [-0.3, -0.25) is 14.3 Å². The standard InChI is InChI=1S/C16H9ClN4O/c17-16-19-8-12-11-6-7-18-9-13(11)21(15(22)14(12)20-16)10-4-2-1-3-5-10/h1-9H. The number of aromatic nitrogens is 4. The zero-order chi connectivity index (χ0) is 15.1. The first kappa shape index (κ1) is 12.9. The molecule has 4 rings (SSSR count). The Morgan fingerprint density at radius 1 is 1.00 bits per heavy atom. The summed E-state index contributed by atoms with van der Waals surface area (Å²) in [5.74, 6) is 0. The summed E-state index contributed by atoms with van der Waals surface area (Å²) in [5.41, 5.74) is 1.51. The van der Waals surface area contributed by atoms with E-state index in [9.17, 15) is 4.79 Å². The van der Waals surface area contributed by atoms with Gasteiger partial charge in [-0.25, -0.2) is 9.97 Å². The normalized spacial score (nSPS) is 11.1. The molecule has 0 aliphatic heterocycles. The van der Waals surface area contributed by atoms with Crippen LogP contribution in [0, 0.1) is 0 Å². The summed E-state index contributed by atoms with van der Waals surface area (Å²) < 4.78 is 1.59. The quantitative estimate of drug-likeness (QED) is 0.400. The molecule has 0 saturated carbocycles. The van der Waals surface area contributed by atoms with Crippen LogP contribution in [0.4, 0.5) is 0 Å². The Morgan fingerprint density at radius 3 is 2.64 bits per heavy atom. The Balaban J connectivity index is 2.28. The van der Waals surface area contributed by atoms with Crippen molar-refractivity contribution in [1.82, 2.24) is 19.5 Å². The van der Waals surface area contributed by atoms with Crippen molar-refractivity contribution in [2.45, 2.75) is 0 Å². The minimum absolute atomic E-state index is 0.0533. The average Bonchev–Trinajstić information content (AvgIpc) is 2.56. The monoisotopic (exact) mass is 308 g/mol. The van der Waals surface area contributed by atoms with Crippen molar-refractivity contribution in [3.63, 3.8) is 0 Å². The summed E-state index contributed by atoms with van der Waals surface area (Å²) >= 11 is 5.86. The van der Waals surface area contributed by atoms with E-state index in [1.807, 2.05) is 36.4 Å². The molecule has 0 unspecified atom stereocenters. The number of benzene rings is 1. The van der Waals surface area contributed by atoms with E-state index in [1.54, 1.807) is 23.2 Å². The van der Waals surface area contributed by atoms with Crippen LogP contribution in [-0.4, -0.2) is 19.5 Å². The van der Waals surface area contributed by atoms with E-state index >= 15 is 0 Å². The lowest BCUT2D eigenvalue weighted by Gasteiger charge is -2.12. The summed E-state index contributed by atoms with van der Waals surface area (Å²) in [6.07, 6.45) is 4.91. The van der Waals surface area contributed by atoms with E-state index in [0.717, 1.165) is 11.1 Å². The van der Waals surface area contributed by atoms with E-state index in [2.05, 4.69) is 15.0 Å². The smallest absolute Gasteiger partial charge is 0.273 e. The largest absolute Gasteiger partial charge is 0.282 e. The van der Waals surface area contributed by atoms with Gasteiger partial charge in [0.2, 0.25) is 5.28 Å². The maximum absolute atomic E-state index is 12.9. The molecular formula is C16H9ClN4O. The molecule has 106 valence electrons. The Hall–Kier alpha value is -2.79. The molecule has 5 nitrogen and oxygen atoms in total. The zero-order valence-electron chi connectivity index (χ0n) is 11.3. The van der Waals surface area contributed by atoms with Gasteiger partial charge in [-0.05, 0) is 29.8 Å². The molecule has 0 aliphatic rings. The van der Waals surface area contributed by atoms with Gasteiger partial charge in [0.1, 0.15) is 5.52 Å². The van der Waals surface area contributed by atoms with Gasteiger partial charge in [0, 0.05) is 28.9 Å². The summed E-state index contributed by atoms with van der Waals surface area (Å²) in [5, 5.41) is 1.57. The molecule has 1 aromatic carbocycles. The molecule has 0 fully saturated rings. The third kappa shape index (κ3) is 1.87. The van der Waals surface area contributed by atoms with Crippen LogP contribution in [-0.2, 0) is 0 Å². The highest BCUT2D eigenvalue weighted by Crippen LogP contribution is 2.23. The molecule has 6 heteroatoms. The summed E-state index contributed by atoms with van der Waals surface area (Å²) in [6, 6.07) is 11.2. The molecular weight excluding hydrogens is 300 g/mol. The molecule has 0 saturated heterocycles. The molecule has 22 heavy (non-hydrogen) atoms. The van der Waals surface area contributed by atoms with Crippen LogP contribution in [0.3, 0.4) is 0 Å². The number of nitrogens with zero attached hydrogens (tertiary/aromatic N) is 4. The lowest BCUT2D eigenvalue weighted by molar-refractivity contribution is 1.04. The third-order valence-corrected chi connectivity index (χ3v) is 3.69. The van der Waals surface area contributed by atoms with Gasteiger partial charge in [0.05, 0.1) is 11.7 Å². The fourth-order valence-corrected chi connectivity index (χ4v) is 2.69. The van der Waals surface area contributed by atoms with Crippen molar-refractivity contribution >= 4 is 33.4 Å². The van der Waals surface area contributed by atoms with Gasteiger partial charge >= 0.3 is 0 Å². The predicted molar refractivity (Wildman–Crippen MR) is 85.4 cm³/mol. The average molecular weight is 309 g/mol. The maximum atomic E-state index is 12.9. The second-order valence-corrected chi connectivity index (χ2v) is 5.11. The van der Waals surface area contributed by atoms with E-state index in [0.29, 0.717) is 16.4 Å². The van der Waals surface area contributed by atoms with Crippen molar-refractivity contribution in [1.29, 1.82) is 0 Å². The van der Waals surface area contributed by atoms with Crippen molar-refractivity contribution in [3.8, 4) is 5.69 Å². The van der Waals surface area contributed by atoms with Crippen molar-refractivity contribution in [2.75, 3.05) is 0 Å². The number of hydrogen-bond acceptors (Lipinski definition) is 4. The first-order chi connectivity index (χ1) is 10.8. The van der Waals surface area contributed by atoms with Crippen molar-refractivity contribution < 1.29 is 0 Å². The van der Waals surface area contributed by atoms with Crippen LogP contribution >= 0.6 is 11.6 Å².